The van der Waals surface area contributed by atoms with Crippen LogP contribution in [-0.2, 0) is 10.0 Å². The molecule has 0 spiro atoms. The predicted molar refractivity (Wildman–Crippen MR) is 75.3 cm³/mol. The molecule has 106 valence electrons. The second-order valence-corrected chi connectivity index (χ2v) is 7.55. The summed E-state index contributed by atoms with van der Waals surface area (Å²) < 4.78 is 26.2. The Bertz CT molecular complexity index is 590. The van der Waals surface area contributed by atoms with Gasteiger partial charge in [0.05, 0.1) is 22.0 Å². The maximum Gasteiger partial charge on any atom is 0.335 e. The van der Waals surface area contributed by atoms with E-state index in [1.807, 2.05) is 0 Å². The molecule has 0 bridgehead atoms. The minimum Gasteiger partial charge on any atom is -0.478 e. The number of anilines is 1. The van der Waals surface area contributed by atoms with Gasteiger partial charge in [-0.3, -0.25) is 4.72 Å². The van der Waals surface area contributed by atoms with Crippen molar-refractivity contribution in [1.82, 2.24) is 0 Å². The first kappa shape index (κ1) is 15.8. The summed E-state index contributed by atoms with van der Waals surface area (Å²) in [5.41, 5.74) is -0.209. The maximum atomic E-state index is 11.9. The maximum absolute atomic E-state index is 11.9. The van der Waals surface area contributed by atoms with Gasteiger partial charge in [-0.2, -0.15) is 0 Å². The second-order valence-electron chi connectivity index (χ2n) is 5.42. The van der Waals surface area contributed by atoms with Crippen molar-refractivity contribution in [2.45, 2.75) is 20.8 Å². The molecular weight excluding hydrogens is 290 g/mol. The molecule has 1 rings (SSSR count). The Kier molecular flexibility index (Phi) is 4.47. The fourth-order valence-corrected chi connectivity index (χ4v) is 3.51. The smallest absolute Gasteiger partial charge is 0.335 e. The Hall–Kier alpha value is -1.27. The Morgan fingerprint density at radius 3 is 2.37 bits per heavy atom. The summed E-state index contributed by atoms with van der Waals surface area (Å²) in [6.45, 7) is 5.42. The Labute approximate surface area is 117 Å². The summed E-state index contributed by atoms with van der Waals surface area (Å²) >= 11 is 5.86. The number of carboxylic acid groups (broad SMARTS) is 1. The van der Waals surface area contributed by atoms with Crippen LogP contribution in [0.2, 0.25) is 5.02 Å². The van der Waals surface area contributed by atoms with E-state index >= 15 is 0 Å². The summed E-state index contributed by atoms with van der Waals surface area (Å²) in [5.74, 6) is -1.18. The van der Waals surface area contributed by atoms with Crippen LogP contribution in [0.5, 0.6) is 0 Å². The monoisotopic (exact) mass is 305 g/mol. The molecule has 0 heterocycles. The van der Waals surface area contributed by atoms with Gasteiger partial charge >= 0.3 is 5.97 Å². The summed E-state index contributed by atoms with van der Waals surface area (Å²) in [4.78, 5) is 10.7. The first-order chi connectivity index (χ1) is 8.50. The number of rotatable bonds is 4. The standard InChI is InChI=1S/C12H16ClNO4S/c1-12(2,3)7-19(17,18)14-10-5-4-8(11(15)16)6-9(10)13/h4-6,14H,7H2,1-3H3,(H,15,16). The lowest BCUT2D eigenvalue weighted by molar-refractivity contribution is 0.0697. The molecule has 0 amide bonds. The zero-order valence-corrected chi connectivity index (χ0v) is 12.5. The highest BCUT2D eigenvalue weighted by molar-refractivity contribution is 7.92. The number of carbonyl (C=O) groups is 1. The number of hydrogen-bond acceptors (Lipinski definition) is 3. The molecule has 0 aliphatic carbocycles. The number of nitrogens with one attached hydrogen (secondary N) is 1. The van der Waals surface area contributed by atoms with Crippen LogP contribution in [0.1, 0.15) is 31.1 Å². The summed E-state index contributed by atoms with van der Waals surface area (Å²) in [6.07, 6.45) is 0. The van der Waals surface area contributed by atoms with Crippen LogP contribution >= 0.6 is 11.6 Å². The third-order valence-corrected chi connectivity index (χ3v) is 4.19. The normalized spacial score (nSPS) is 12.2. The first-order valence-corrected chi connectivity index (χ1v) is 7.56. The molecule has 0 atom stereocenters. The summed E-state index contributed by atoms with van der Waals surface area (Å²) in [7, 11) is -3.53. The minimum absolute atomic E-state index is 0.00349. The molecule has 0 aliphatic rings. The van der Waals surface area contributed by atoms with Crippen molar-refractivity contribution in [2.24, 2.45) is 5.41 Å². The summed E-state index contributed by atoms with van der Waals surface area (Å²) in [6, 6.07) is 3.84. The molecule has 0 unspecified atom stereocenters. The number of benzene rings is 1. The van der Waals surface area contributed by atoms with E-state index in [1.54, 1.807) is 20.8 Å². The topological polar surface area (TPSA) is 83.5 Å². The van der Waals surface area contributed by atoms with E-state index in [-0.39, 0.29) is 27.4 Å². The van der Waals surface area contributed by atoms with Crippen LogP contribution < -0.4 is 4.72 Å². The Morgan fingerprint density at radius 1 is 1.37 bits per heavy atom. The largest absolute Gasteiger partial charge is 0.478 e. The van der Waals surface area contributed by atoms with Gasteiger partial charge in [0.25, 0.3) is 0 Å². The average Bonchev–Trinajstić information content (AvgIpc) is 2.16. The predicted octanol–water partition coefficient (Wildman–Crippen LogP) is 2.83. The van der Waals surface area contributed by atoms with Gasteiger partial charge in [0, 0.05) is 0 Å². The third-order valence-electron chi connectivity index (χ3n) is 2.10. The highest BCUT2D eigenvalue weighted by atomic mass is 35.5. The molecule has 0 saturated heterocycles. The molecular formula is C12H16ClNO4S. The third kappa shape index (κ3) is 5.08. The number of sulfonamides is 1. The Balaban J connectivity index is 2.98. The number of aromatic carboxylic acids is 1. The molecule has 19 heavy (non-hydrogen) atoms. The fourth-order valence-electron chi connectivity index (χ4n) is 1.50. The van der Waals surface area contributed by atoms with E-state index in [1.165, 1.54) is 18.2 Å². The lowest BCUT2D eigenvalue weighted by Crippen LogP contribution is -2.26. The number of halogens is 1. The van der Waals surface area contributed by atoms with Gasteiger partial charge in [-0.1, -0.05) is 32.4 Å². The molecule has 0 aromatic heterocycles. The lowest BCUT2D eigenvalue weighted by atomic mass is 10.0. The van der Waals surface area contributed by atoms with E-state index in [0.717, 1.165) is 0 Å². The van der Waals surface area contributed by atoms with Gasteiger partial charge in [0.15, 0.2) is 0 Å². The van der Waals surface area contributed by atoms with Crippen LogP contribution in [-0.4, -0.2) is 25.2 Å². The van der Waals surface area contributed by atoms with Crippen LogP contribution in [0.25, 0.3) is 0 Å². The van der Waals surface area contributed by atoms with Crippen LogP contribution in [0, 0.1) is 5.41 Å². The fraction of sp³-hybridized carbons (Fsp3) is 0.417. The Morgan fingerprint density at radius 2 is 1.95 bits per heavy atom. The molecule has 1 aromatic carbocycles. The first-order valence-electron chi connectivity index (χ1n) is 5.53. The SMILES string of the molecule is CC(C)(C)CS(=O)(=O)Nc1ccc(C(=O)O)cc1Cl. The average molecular weight is 306 g/mol. The van der Waals surface area contributed by atoms with Gasteiger partial charge < -0.3 is 5.11 Å². The molecule has 0 saturated carbocycles. The second kappa shape index (κ2) is 5.38. The van der Waals surface area contributed by atoms with E-state index in [0.29, 0.717) is 0 Å². The van der Waals surface area contributed by atoms with Crippen molar-refractivity contribution < 1.29 is 18.3 Å². The van der Waals surface area contributed by atoms with Crippen molar-refractivity contribution in [3.63, 3.8) is 0 Å². The van der Waals surface area contributed by atoms with Crippen LogP contribution in [0.3, 0.4) is 0 Å². The van der Waals surface area contributed by atoms with Crippen molar-refractivity contribution >= 4 is 33.3 Å². The minimum atomic E-state index is -3.53. The van der Waals surface area contributed by atoms with E-state index in [4.69, 9.17) is 16.7 Å². The van der Waals surface area contributed by atoms with E-state index in [2.05, 4.69) is 4.72 Å². The molecule has 0 radical (unpaired) electrons. The highest BCUT2D eigenvalue weighted by Crippen LogP contribution is 2.25. The zero-order chi connectivity index (χ0) is 14.8. The quantitative estimate of drug-likeness (QED) is 0.896. The van der Waals surface area contributed by atoms with Gasteiger partial charge in [0.2, 0.25) is 10.0 Å². The van der Waals surface area contributed by atoms with Crippen molar-refractivity contribution in [1.29, 1.82) is 0 Å². The van der Waals surface area contributed by atoms with E-state index in [9.17, 15) is 13.2 Å². The molecule has 7 heteroatoms. The van der Waals surface area contributed by atoms with Gasteiger partial charge in [0.1, 0.15) is 0 Å². The highest BCUT2D eigenvalue weighted by Gasteiger charge is 2.22. The molecule has 2 N–H and O–H groups in total. The van der Waals surface area contributed by atoms with Crippen molar-refractivity contribution in [2.75, 3.05) is 10.5 Å². The lowest BCUT2D eigenvalue weighted by Gasteiger charge is -2.19. The summed E-state index contributed by atoms with van der Waals surface area (Å²) in [5, 5.41) is 8.84. The molecule has 5 nitrogen and oxygen atoms in total. The van der Waals surface area contributed by atoms with Crippen molar-refractivity contribution in [3.8, 4) is 0 Å². The molecule has 1 aromatic rings. The zero-order valence-electron chi connectivity index (χ0n) is 10.9. The van der Waals surface area contributed by atoms with Gasteiger partial charge in [-0.15, -0.1) is 0 Å². The van der Waals surface area contributed by atoms with Gasteiger partial charge in [-0.25, -0.2) is 13.2 Å². The molecule has 0 fully saturated rings. The van der Waals surface area contributed by atoms with E-state index < -0.39 is 16.0 Å². The number of carboxylic acids is 1. The van der Waals surface area contributed by atoms with Gasteiger partial charge in [-0.05, 0) is 23.6 Å². The van der Waals surface area contributed by atoms with Crippen molar-refractivity contribution in [3.05, 3.63) is 28.8 Å². The molecule has 0 aliphatic heterocycles. The van der Waals surface area contributed by atoms with Crippen LogP contribution in [0.15, 0.2) is 18.2 Å². The van der Waals surface area contributed by atoms with Crippen LogP contribution in [0.4, 0.5) is 5.69 Å². The number of hydrogen-bond donors (Lipinski definition) is 2.